The van der Waals surface area contributed by atoms with E-state index in [0.717, 1.165) is 25.1 Å². The second kappa shape index (κ2) is 5.50. The van der Waals surface area contributed by atoms with E-state index in [1.807, 2.05) is 0 Å². The summed E-state index contributed by atoms with van der Waals surface area (Å²) in [6.45, 7) is 3.03. The van der Waals surface area contributed by atoms with Crippen LogP contribution in [0, 0.1) is 0 Å². The highest BCUT2D eigenvalue weighted by Gasteiger charge is 2.31. The lowest BCUT2D eigenvalue weighted by molar-refractivity contribution is 0.0601. The molecule has 110 valence electrons. The normalized spacial score (nSPS) is 15.7. The molecule has 1 atom stereocenters. The first-order valence-electron chi connectivity index (χ1n) is 6.81. The number of benzene rings is 1. The first-order valence-corrected chi connectivity index (χ1v) is 7.18. The summed E-state index contributed by atoms with van der Waals surface area (Å²) in [6, 6.07) is 7.02. The smallest absolute Gasteiger partial charge is 0.292 e. The lowest BCUT2D eigenvalue weighted by Crippen LogP contribution is -2.42. The van der Waals surface area contributed by atoms with Crippen LogP contribution in [0.3, 0.4) is 0 Å². The fourth-order valence-electron chi connectivity index (χ4n) is 2.32. The van der Waals surface area contributed by atoms with Crippen LogP contribution < -0.4 is 0 Å². The Balaban J connectivity index is 2.03. The molecule has 0 saturated carbocycles. The van der Waals surface area contributed by atoms with Gasteiger partial charge >= 0.3 is 0 Å². The molecule has 21 heavy (non-hydrogen) atoms. The van der Waals surface area contributed by atoms with Crippen molar-refractivity contribution in [3.05, 3.63) is 40.6 Å². The van der Waals surface area contributed by atoms with Gasteiger partial charge in [0.2, 0.25) is 5.76 Å². The summed E-state index contributed by atoms with van der Waals surface area (Å²) in [4.78, 5) is 14.0. The molecule has 1 aliphatic rings. The molecule has 6 heteroatoms. The molecule has 0 aliphatic carbocycles. The third-order valence-corrected chi connectivity index (χ3v) is 3.85. The monoisotopic (exact) mass is 306 g/mol. The number of aromatic nitrogens is 1. The molecule has 0 unspecified atom stereocenters. The van der Waals surface area contributed by atoms with Crippen LogP contribution in [0.25, 0.3) is 11.3 Å². The van der Waals surface area contributed by atoms with Crippen LogP contribution in [0.2, 0.25) is 5.02 Å². The summed E-state index contributed by atoms with van der Waals surface area (Å²) in [5.41, 5.74) is 1.65. The van der Waals surface area contributed by atoms with E-state index in [1.54, 1.807) is 36.1 Å². The molecule has 1 amide bonds. The van der Waals surface area contributed by atoms with Crippen molar-refractivity contribution in [3.8, 4) is 11.3 Å². The van der Waals surface area contributed by atoms with Gasteiger partial charge in [0.25, 0.3) is 5.91 Å². The molecule has 3 rings (SSSR count). The number of likely N-dealkylation sites (tertiary alicyclic amines) is 1. The highest BCUT2D eigenvalue weighted by Crippen LogP contribution is 2.32. The Morgan fingerprint density at radius 2 is 2.05 bits per heavy atom. The number of carbonyl (C=O) groups excluding carboxylic acids is 1. The van der Waals surface area contributed by atoms with E-state index < -0.39 is 6.10 Å². The molecule has 1 saturated heterocycles. The quantitative estimate of drug-likeness (QED) is 0.947. The molecule has 0 bridgehead atoms. The van der Waals surface area contributed by atoms with E-state index in [2.05, 4.69) is 5.16 Å². The van der Waals surface area contributed by atoms with Crippen LogP contribution in [0.5, 0.6) is 0 Å². The molecule has 0 spiro atoms. The van der Waals surface area contributed by atoms with E-state index in [-0.39, 0.29) is 11.7 Å². The van der Waals surface area contributed by atoms with Crippen LogP contribution in [0.1, 0.15) is 35.6 Å². The zero-order valence-corrected chi connectivity index (χ0v) is 12.3. The molecule has 2 aromatic rings. The highest BCUT2D eigenvalue weighted by molar-refractivity contribution is 6.30. The zero-order valence-electron chi connectivity index (χ0n) is 11.5. The van der Waals surface area contributed by atoms with E-state index in [9.17, 15) is 9.90 Å². The maximum Gasteiger partial charge on any atom is 0.292 e. The SMILES string of the molecule is C[C@H](O)c1c(-c2ccc(Cl)cc2)noc1C(=O)N1CCC1. The minimum Gasteiger partial charge on any atom is -0.388 e. The number of hydrogen-bond acceptors (Lipinski definition) is 4. The van der Waals surface area contributed by atoms with Crippen LogP contribution in [-0.4, -0.2) is 34.2 Å². The second-order valence-electron chi connectivity index (χ2n) is 5.10. The zero-order chi connectivity index (χ0) is 15.0. The minimum absolute atomic E-state index is 0.120. The molecule has 1 aromatic carbocycles. The fraction of sp³-hybridized carbons (Fsp3) is 0.333. The van der Waals surface area contributed by atoms with Crippen molar-refractivity contribution in [1.82, 2.24) is 10.1 Å². The van der Waals surface area contributed by atoms with E-state index in [1.165, 1.54) is 0 Å². The Kier molecular flexibility index (Phi) is 3.69. The number of rotatable bonds is 3. The van der Waals surface area contributed by atoms with Crippen LogP contribution >= 0.6 is 11.6 Å². The Bertz CT molecular complexity index is 660. The Labute approximate surface area is 127 Å². The number of aliphatic hydroxyl groups is 1. The number of hydrogen-bond donors (Lipinski definition) is 1. The predicted octanol–water partition coefficient (Wildman–Crippen LogP) is 2.89. The molecule has 5 nitrogen and oxygen atoms in total. The lowest BCUT2D eigenvalue weighted by atomic mass is 10.0. The summed E-state index contributed by atoms with van der Waals surface area (Å²) in [5, 5.41) is 14.6. The van der Waals surface area contributed by atoms with Gasteiger partial charge < -0.3 is 14.5 Å². The summed E-state index contributed by atoms with van der Waals surface area (Å²) in [6.07, 6.45) is 0.149. The van der Waals surface area contributed by atoms with Crippen molar-refractivity contribution in [3.63, 3.8) is 0 Å². The van der Waals surface area contributed by atoms with Gasteiger partial charge in [-0.15, -0.1) is 0 Å². The highest BCUT2D eigenvalue weighted by atomic mass is 35.5. The van der Waals surface area contributed by atoms with Gasteiger partial charge in [0.15, 0.2) is 0 Å². The molecule has 1 N–H and O–H groups in total. The topological polar surface area (TPSA) is 66.6 Å². The van der Waals surface area contributed by atoms with Crippen molar-refractivity contribution in [2.75, 3.05) is 13.1 Å². The molecular weight excluding hydrogens is 292 g/mol. The molecule has 1 fully saturated rings. The number of aliphatic hydroxyl groups excluding tert-OH is 1. The van der Waals surface area contributed by atoms with E-state index >= 15 is 0 Å². The minimum atomic E-state index is -0.845. The maximum absolute atomic E-state index is 12.3. The first-order chi connectivity index (χ1) is 10.1. The van der Waals surface area contributed by atoms with E-state index in [4.69, 9.17) is 16.1 Å². The average molecular weight is 307 g/mol. The summed E-state index contributed by atoms with van der Waals surface area (Å²) in [5.74, 6) is -0.0977. The Hall–Kier alpha value is -1.85. The number of amides is 1. The molecular formula is C15H15ClN2O3. The van der Waals surface area contributed by atoms with Crippen molar-refractivity contribution < 1.29 is 14.4 Å². The number of nitrogens with zero attached hydrogens (tertiary/aromatic N) is 2. The third kappa shape index (κ3) is 2.54. The van der Waals surface area contributed by atoms with Crippen molar-refractivity contribution >= 4 is 17.5 Å². The third-order valence-electron chi connectivity index (χ3n) is 3.60. The van der Waals surface area contributed by atoms with Gasteiger partial charge in [0, 0.05) is 23.7 Å². The molecule has 2 heterocycles. The van der Waals surface area contributed by atoms with Gasteiger partial charge in [-0.3, -0.25) is 4.79 Å². The summed E-state index contributed by atoms with van der Waals surface area (Å²) < 4.78 is 5.23. The summed E-state index contributed by atoms with van der Waals surface area (Å²) in [7, 11) is 0. The summed E-state index contributed by atoms with van der Waals surface area (Å²) >= 11 is 5.87. The lowest BCUT2D eigenvalue weighted by Gasteiger charge is -2.30. The Morgan fingerprint density at radius 1 is 1.38 bits per heavy atom. The van der Waals surface area contributed by atoms with Gasteiger partial charge in [-0.2, -0.15) is 0 Å². The van der Waals surface area contributed by atoms with Gasteiger partial charge in [-0.25, -0.2) is 0 Å². The van der Waals surface area contributed by atoms with E-state index in [0.29, 0.717) is 16.3 Å². The van der Waals surface area contributed by atoms with Gasteiger partial charge in [0.05, 0.1) is 11.7 Å². The second-order valence-corrected chi connectivity index (χ2v) is 5.54. The maximum atomic E-state index is 12.3. The van der Waals surface area contributed by atoms with Crippen LogP contribution in [0.4, 0.5) is 0 Å². The molecule has 0 radical (unpaired) electrons. The Morgan fingerprint density at radius 3 is 2.57 bits per heavy atom. The molecule has 1 aromatic heterocycles. The largest absolute Gasteiger partial charge is 0.388 e. The van der Waals surface area contributed by atoms with Gasteiger partial charge in [0.1, 0.15) is 5.69 Å². The van der Waals surface area contributed by atoms with Crippen LogP contribution in [-0.2, 0) is 0 Å². The first kappa shape index (κ1) is 14.1. The standard InChI is InChI=1S/C15H15ClN2O3/c1-9(19)12-13(10-3-5-11(16)6-4-10)17-21-14(12)15(20)18-7-2-8-18/h3-6,9,19H,2,7-8H2,1H3/t9-/m0/s1. The van der Waals surface area contributed by atoms with Crippen molar-refractivity contribution in [1.29, 1.82) is 0 Å². The fourth-order valence-corrected chi connectivity index (χ4v) is 2.44. The predicted molar refractivity (Wildman–Crippen MR) is 78.1 cm³/mol. The number of halogens is 1. The van der Waals surface area contributed by atoms with Gasteiger partial charge in [-0.05, 0) is 25.5 Å². The average Bonchev–Trinajstić information content (AvgIpc) is 2.82. The van der Waals surface area contributed by atoms with Crippen molar-refractivity contribution in [2.45, 2.75) is 19.4 Å². The molecule has 1 aliphatic heterocycles. The van der Waals surface area contributed by atoms with Gasteiger partial charge in [-0.1, -0.05) is 28.9 Å². The van der Waals surface area contributed by atoms with Crippen LogP contribution in [0.15, 0.2) is 28.8 Å². The number of carbonyl (C=O) groups is 1. The van der Waals surface area contributed by atoms with Crippen molar-refractivity contribution in [2.24, 2.45) is 0 Å².